The van der Waals surface area contributed by atoms with Crippen molar-refractivity contribution >= 4 is 11.9 Å². The van der Waals surface area contributed by atoms with Gasteiger partial charge in [-0.3, -0.25) is 0 Å². The summed E-state index contributed by atoms with van der Waals surface area (Å²) >= 11 is 0. The highest BCUT2D eigenvalue weighted by molar-refractivity contribution is 5.80. The fourth-order valence-corrected chi connectivity index (χ4v) is 16.4. The lowest BCUT2D eigenvalue weighted by atomic mass is 9.28. The van der Waals surface area contributed by atoms with Gasteiger partial charge in [-0.2, -0.15) is 0 Å². The van der Waals surface area contributed by atoms with E-state index in [1.54, 1.807) is 0 Å². The van der Waals surface area contributed by atoms with Crippen molar-refractivity contribution < 1.29 is 9.59 Å². The summed E-state index contributed by atoms with van der Waals surface area (Å²) in [6.45, 7) is 0. The van der Waals surface area contributed by atoms with Crippen LogP contribution in [0.15, 0.2) is 11.1 Å². The maximum atomic E-state index is 12.1. The molecule has 0 aliphatic heterocycles. The Labute approximate surface area is 138 Å². The molecule has 24 heavy (non-hydrogen) atoms. The van der Waals surface area contributed by atoms with Gasteiger partial charge in [-0.25, -0.2) is 9.59 Å². The Bertz CT molecular complexity index is 896. The molecule has 2 nitrogen and oxygen atoms in total. The van der Waals surface area contributed by atoms with Crippen LogP contribution < -0.4 is 0 Å². The van der Waals surface area contributed by atoms with Crippen LogP contribution >= 0.6 is 0 Å². The third kappa shape index (κ3) is 0.363. The third-order valence-corrected chi connectivity index (χ3v) is 13.9. The van der Waals surface area contributed by atoms with Gasteiger partial charge in [-0.15, -0.1) is 0 Å². The molecule has 0 amide bonds. The monoisotopic (exact) mass is 312 g/mol. The van der Waals surface area contributed by atoms with Gasteiger partial charge >= 0.3 is 0 Å². The molecule has 0 heterocycles. The summed E-state index contributed by atoms with van der Waals surface area (Å²) in [4.78, 5) is 24.3. The molecule has 116 valence electrons. The summed E-state index contributed by atoms with van der Waals surface area (Å²) in [5.74, 6) is 14.5. The number of carbonyl (C=O) groups excluding carboxylic acids is 2. The van der Waals surface area contributed by atoms with E-state index in [1.165, 1.54) is 24.0 Å². The van der Waals surface area contributed by atoms with Crippen molar-refractivity contribution in [3.63, 3.8) is 0 Å². The van der Waals surface area contributed by atoms with Gasteiger partial charge in [0.15, 0.2) is 0 Å². The standard InChI is InChI=1S/C22H16O2/c23-3-5-15-13-14-16(5)20-8-1-7-11-9-2-10(12(8)11)22(20)18(14)6(4-24)17(13)21(9,22)19(7,15)20/h7-18H,1-2H2. The first kappa shape index (κ1) is 10.1. The highest BCUT2D eigenvalue weighted by Crippen LogP contribution is 3.23. The minimum Gasteiger partial charge on any atom is -0.234 e. The van der Waals surface area contributed by atoms with E-state index >= 15 is 0 Å². The van der Waals surface area contributed by atoms with Crippen LogP contribution in [-0.4, -0.2) is 11.9 Å². The Hall–Kier alpha value is -1.10. The van der Waals surface area contributed by atoms with Crippen molar-refractivity contribution in [3.8, 4) is 0 Å². The number of rotatable bonds is 0. The topological polar surface area (TPSA) is 34.1 Å². The highest BCUT2D eigenvalue weighted by Gasteiger charge is 3.21. The molecule has 2 heteroatoms. The zero-order chi connectivity index (χ0) is 14.9. The van der Waals surface area contributed by atoms with E-state index < -0.39 is 0 Å². The van der Waals surface area contributed by atoms with Crippen molar-refractivity contribution in [2.45, 2.75) is 12.8 Å². The number of hydrogen-bond acceptors (Lipinski definition) is 2. The first-order chi connectivity index (χ1) is 11.8. The molecule has 4 spiro atoms. The average Bonchev–Trinajstić information content (AvgIpc) is 3.31. The summed E-state index contributed by atoms with van der Waals surface area (Å²) in [7, 11) is 0. The lowest BCUT2D eigenvalue weighted by Gasteiger charge is -2.74. The van der Waals surface area contributed by atoms with E-state index in [4.69, 9.17) is 0 Å². The smallest absolute Gasteiger partial charge is 0.124 e. The molecule has 0 aromatic heterocycles. The molecular formula is C22H16O2. The van der Waals surface area contributed by atoms with Crippen LogP contribution in [0.2, 0.25) is 0 Å². The molecule has 13 aliphatic carbocycles. The Kier molecular flexibility index (Phi) is 0.852. The summed E-state index contributed by atoms with van der Waals surface area (Å²) in [5, 5.41) is 0. The Morgan fingerprint density at radius 2 is 0.917 bits per heavy atom. The second kappa shape index (κ2) is 2.02. The summed E-state index contributed by atoms with van der Waals surface area (Å²) in [5.41, 5.74) is 4.53. The lowest BCUT2D eigenvalue weighted by Crippen LogP contribution is -2.73. The molecule has 0 N–H and O–H groups in total. The first-order valence-corrected chi connectivity index (χ1v) is 10.3. The van der Waals surface area contributed by atoms with E-state index in [0.717, 1.165) is 35.5 Å². The maximum absolute atomic E-state index is 12.1. The van der Waals surface area contributed by atoms with E-state index in [-0.39, 0.29) is 0 Å². The lowest BCUT2D eigenvalue weighted by molar-refractivity contribution is -0.297. The predicted octanol–water partition coefficient (Wildman–Crippen LogP) is 1.77. The van der Waals surface area contributed by atoms with Gasteiger partial charge in [-0.1, -0.05) is 0 Å². The average molecular weight is 312 g/mol. The predicted molar refractivity (Wildman–Crippen MR) is 79.3 cm³/mol. The molecular weight excluding hydrogens is 296 g/mol. The molecule has 8 atom stereocenters. The van der Waals surface area contributed by atoms with Crippen molar-refractivity contribution in [1.82, 2.24) is 0 Å². The molecule has 13 saturated carbocycles. The Balaban J connectivity index is 1.53. The number of hydrogen-bond donors (Lipinski definition) is 0. The van der Waals surface area contributed by atoms with Crippen LogP contribution in [-0.2, 0) is 9.59 Å². The van der Waals surface area contributed by atoms with Gasteiger partial charge in [-0.05, 0) is 81.8 Å². The zero-order valence-corrected chi connectivity index (χ0v) is 13.2. The fraction of sp³-hybridized carbons (Fsp3) is 0.818. The van der Waals surface area contributed by atoms with E-state index in [1.807, 2.05) is 0 Å². The van der Waals surface area contributed by atoms with Gasteiger partial charge in [0.25, 0.3) is 0 Å². The quantitative estimate of drug-likeness (QED) is 0.639. The van der Waals surface area contributed by atoms with Gasteiger partial charge < -0.3 is 0 Å². The zero-order valence-electron chi connectivity index (χ0n) is 13.2. The van der Waals surface area contributed by atoms with Crippen LogP contribution in [0, 0.1) is 92.7 Å². The Morgan fingerprint density at radius 3 is 1.21 bits per heavy atom. The summed E-state index contributed by atoms with van der Waals surface area (Å²) in [6, 6.07) is 0. The molecule has 8 unspecified atom stereocenters. The van der Waals surface area contributed by atoms with Gasteiger partial charge in [0, 0.05) is 34.8 Å². The van der Waals surface area contributed by atoms with Crippen LogP contribution in [0.4, 0.5) is 0 Å². The molecule has 13 aliphatic rings. The minimum atomic E-state index is 0.498. The molecule has 8 bridgehead atoms. The molecule has 0 saturated heterocycles. The minimum absolute atomic E-state index is 0.498. The van der Waals surface area contributed by atoms with Crippen molar-refractivity contribution in [3.05, 3.63) is 11.1 Å². The normalized spacial score (nSPS) is 91.5. The van der Waals surface area contributed by atoms with Gasteiger partial charge in [0.2, 0.25) is 0 Å². The second-order valence-corrected chi connectivity index (χ2v) is 11.7. The summed E-state index contributed by atoms with van der Waals surface area (Å²) < 4.78 is 0. The van der Waals surface area contributed by atoms with Gasteiger partial charge in [0.1, 0.15) is 11.9 Å². The first-order valence-electron chi connectivity index (χ1n) is 10.3. The van der Waals surface area contributed by atoms with Crippen molar-refractivity contribution in [2.24, 2.45) is 92.7 Å². The van der Waals surface area contributed by atoms with Crippen LogP contribution in [0.3, 0.4) is 0 Å². The van der Waals surface area contributed by atoms with Crippen LogP contribution in [0.5, 0.6) is 0 Å². The van der Waals surface area contributed by atoms with E-state index in [2.05, 4.69) is 11.9 Å². The van der Waals surface area contributed by atoms with Crippen LogP contribution in [0.25, 0.3) is 0 Å². The maximum Gasteiger partial charge on any atom is 0.124 e. The SMILES string of the molecule is O=C=C1C2C3C4C1C15C6CC7C8C6C6CC8C8(C3C(=C=O)C4C618)C725. The molecule has 0 aromatic carbocycles. The van der Waals surface area contributed by atoms with Crippen molar-refractivity contribution in [2.75, 3.05) is 0 Å². The highest BCUT2D eigenvalue weighted by atomic mass is 16.1. The van der Waals surface area contributed by atoms with E-state index in [0.29, 0.717) is 57.2 Å². The summed E-state index contributed by atoms with van der Waals surface area (Å²) in [6.07, 6.45) is 3.04. The molecule has 0 radical (unpaired) electrons. The van der Waals surface area contributed by atoms with Crippen molar-refractivity contribution in [1.29, 1.82) is 0 Å². The second-order valence-electron chi connectivity index (χ2n) is 11.7. The van der Waals surface area contributed by atoms with E-state index in [9.17, 15) is 9.59 Å². The fourth-order valence-electron chi connectivity index (χ4n) is 16.4. The van der Waals surface area contributed by atoms with Gasteiger partial charge in [0.05, 0.1) is 0 Å². The third-order valence-electron chi connectivity index (χ3n) is 13.9. The molecule has 0 aromatic rings. The molecule has 13 rings (SSSR count). The molecule has 13 fully saturated rings. The number of allylic oxidation sites excluding steroid dienone is 2. The van der Waals surface area contributed by atoms with Crippen LogP contribution in [0.1, 0.15) is 12.8 Å². The Morgan fingerprint density at radius 1 is 0.583 bits per heavy atom. The largest absolute Gasteiger partial charge is 0.234 e.